The highest BCUT2D eigenvalue weighted by molar-refractivity contribution is 7.14. The highest BCUT2D eigenvalue weighted by Crippen LogP contribution is 2.32. The van der Waals surface area contributed by atoms with Crippen LogP contribution in [0.2, 0.25) is 0 Å². The van der Waals surface area contributed by atoms with Gasteiger partial charge in [0.15, 0.2) is 0 Å². The van der Waals surface area contributed by atoms with Crippen molar-refractivity contribution >= 4 is 29.1 Å². The largest absolute Gasteiger partial charge is 0.481 e. The maximum Gasteiger partial charge on any atom is 0.303 e. The van der Waals surface area contributed by atoms with Crippen LogP contribution in [0.5, 0.6) is 0 Å². The van der Waals surface area contributed by atoms with Crippen LogP contribution in [0.3, 0.4) is 0 Å². The molecule has 2 amide bonds. The Labute approximate surface area is 184 Å². The van der Waals surface area contributed by atoms with Gasteiger partial charge in [0.2, 0.25) is 11.8 Å². The van der Waals surface area contributed by atoms with Crippen molar-refractivity contribution in [1.29, 1.82) is 0 Å². The third kappa shape index (κ3) is 6.52. The fourth-order valence-corrected chi connectivity index (χ4v) is 4.11. The van der Waals surface area contributed by atoms with Crippen molar-refractivity contribution in [2.45, 2.75) is 31.7 Å². The molecule has 3 rings (SSSR count). The number of amides is 2. The molecule has 0 saturated carbocycles. The maximum atomic E-state index is 12.1. The minimum absolute atomic E-state index is 0.0170. The summed E-state index contributed by atoms with van der Waals surface area (Å²) in [4.78, 5) is 35.4. The van der Waals surface area contributed by atoms with E-state index in [0.717, 1.165) is 11.1 Å². The van der Waals surface area contributed by atoms with Gasteiger partial charge in [0.05, 0.1) is 0 Å². The number of aliphatic carboxylic acids is 1. The number of aryl methyl sites for hydroxylation is 1. The smallest absolute Gasteiger partial charge is 0.303 e. The standard InChI is InChI=1S/C24H24N2O4S/c25-24(30)20(11-13-23(28)29)26-22(27)12-8-16-6-9-18(10-7-16)21-14-19(15-31-21)17-4-2-1-3-5-17/h1-7,9-10,14-15,20H,8,11-13H2,(H2,25,30)(H,26,27)(H,28,29). The Balaban J connectivity index is 1.55. The minimum atomic E-state index is -1.04. The number of rotatable bonds is 10. The van der Waals surface area contributed by atoms with E-state index in [1.807, 2.05) is 42.5 Å². The second-order valence-corrected chi connectivity index (χ2v) is 8.13. The normalized spacial score (nSPS) is 11.6. The SMILES string of the molecule is NC(=O)C(CCC(=O)O)NC(=O)CCc1ccc(-c2cc(-c3ccccc3)cs2)cc1. The number of carboxylic acid groups (broad SMARTS) is 1. The van der Waals surface area contributed by atoms with E-state index in [4.69, 9.17) is 10.8 Å². The molecule has 1 atom stereocenters. The number of carbonyl (C=O) groups is 3. The second-order valence-electron chi connectivity index (χ2n) is 7.22. The summed E-state index contributed by atoms with van der Waals surface area (Å²) in [7, 11) is 0. The van der Waals surface area contributed by atoms with Crippen LogP contribution in [0.15, 0.2) is 66.0 Å². The fourth-order valence-electron chi connectivity index (χ4n) is 3.18. The molecule has 1 aromatic heterocycles. The summed E-state index contributed by atoms with van der Waals surface area (Å²) in [6.07, 6.45) is 0.449. The van der Waals surface area contributed by atoms with E-state index in [2.05, 4.69) is 28.9 Å². The number of nitrogens with two attached hydrogens (primary N) is 1. The predicted octanol–water partition coefficient (Wildman–Crippen LogP) is 3.85. The van der Waals surface area contributed by atoms with E-state index in [9.17, 15) is 14.4 Å². The Kier molecular flexibility index (Phi) is 7.56. The van der Waals surface area contributed by atoms with Gasteiger partial charge >= 0.3 is 5.97 Å². The van der Waals surface area contributed by atoms with Crippen molar-refractivity contribution in [3.63, 3.8) is 0 Å². The molecule has 0 bridgehead atoms. The lowest BCUT2D eigenvalue weighted by Crippen LogP contribution is -2.44. The van der Waals surface area contributed by atoms with Gasteiger partial charge in [-0.2, -0.15) is 0 Å². The molecule has 1 unspecified atom stereocenters. The summed E-state index contributed by atoms with van der Waals surface area (Å²) in [6, 6.07) is 19.5. The summed E-state index contributed by atoms with van der Waals surface area (Å²) in [5, 5.41) is 13.4. The third-order valence-corrected chi connectivity index (χ3v) is 5.89. The van der Waals surface area contributed by atoms with E-state index in [-0.39, 0.29) is 25.2 Å². The number of carbonyl (C=O) groups excluding carboxylic acids is 2. The molecule has 1 heterocycles. The van der Waals surface area contributed by atoms with Gasteiger partial charge < -0.3 is 16.2 Å². The first-order chi connectivity index (χ1) is 14.9. The molecule has 0 fully saturated rings. The van der Waals surface area contributed by atoms with Gasteiger partial charge in [-0.25, -0.2) is 0 Å². The molecule has 4 N–H and O–H groups in total. The van der Waals surface area contributed by atoms with E-state index in [1.54, 1.807) is 11.3 Å². The van der Waals surface area contributed by atoms with Gasteiger partial charge in [-0.1, -0.05) is 54.6 Å². The first kappa shape index (κ1) is 22.2. The molecule has 6 nitrogen and oxygen atoms in total. The molecule has 0 spiro atoms. The summed E-state index contributed by atoms with van der Waals surface area (Å²) < 4.78 is 0. The van der Waals surface area contributed by atoms with E-state index in [1.165, 1.54) is 16.0 Å². The number of carboxylic acids is 1. The molecular formula is C24H24N2O4S. The highest BCUT2D eigenvalue weighted by atomic mass is 32.1. The quantitative estimate of drug-likeness (QED) is 0.448. The average molecular weight is 437 g/mol. The van der Waals surface area contributed by atoms with Gasteiger partial charge in [0, 0.05) is 17.7 Å². The van der Waals surface area contributed by atoms with Crippen molar-refractivity contribution in [2.24, 2.45) is 5.73 Å². The van der Waals surface area contributed by atoms with Crippen LogP contribution in [-0.2, 0) is 20.8 Å². The zero-order valence-electron chi connectivity index (χ0n) is 16.9. The summed E-state index contributed by atoms with van der Waals surface area (Å²) >= 11 is 1.69. The van der Waals surface area contributed by atoms with Crippen LogP contribution in [0.4, 0.5) is 0 Å². The number of nitrogens with one attached hydrogen (secondary N) is 1. The number of primary amides is 1. The summed E-state index contributed by atoms with van der Waals surface area (Å²) in [5.74, 6) is -2.10. The van der Waals surface area contributed by atoms with Crippen LogP contribution in [0.1, 0.15) is 24.8 Å². The number of benzene rings is 2. The van der Waals surface area contributed by atoms with Gasteiger partial charge in [-0.05, 0) is 46.5 Å². The highest BCUT2D eigenvalue weighted by Gasteiger charge is 2.19. The van der Waals surface area contributed by atoms with Crippen LogP contribution >= 0.6 is 11.3 Å². The Morgan fingerprint density at radius 3 is 2.29 bits per heavy atom. The zero-order chi connectivity index (χ0) is 22.2. The number of hydrogen-bond acceptors (Lipinski definition) is 4. The minimum Gasteiger partial charge on any atom is -0.481 e. The molecule has 7 heteroatoms. The number of hydrogen-bond donors (Lipinski definition) is 3. The molecular weight excluding hydrogens is 412 g/mol. The van der Waals surface area contributed by atoms with Crippen molar-refractivity contribution in [3.05, 3.63) is 71.6 Å². The van der Waals surface area contributed by atoms with E-state index < -0.39 is 17.9 Å². The predicted molar refractivity (Wildman–Crippen MR) is 122 cm³/mol. The van der Waals surface area contributed by atoms with Crippen molar-refractivity contribution in [1.82, 2.24) is 5.32 Å². The molecule has 2 aromatic carbocycles. The average Bonchev–Trinajstić information content (AvgIpc) is 3.26. The second kappa shape index (κ2) is 10.5. The van der Waals surface area contributed by atoms with Crippen molar-refractivity contribution < 1.29 is 19.5 Å². The van der Waals surface area contributed by atoms with Crippen molar-refractivity contribution in [3.8, 4) is 21.6 Å². The van der Waals surface area contributed by atoms with Gasteiger partial charge in [0.25, 0.3) is 0 Å². The van der Waals surface area contributed by atoms with Crippen LogP contribution in [-0.4, -0.2) is 28.9 Å². The lowest BCUT2D eigenvalue weighted by molar-refractivity contribution is -0.137. The lowest BCUT2D eigenvalue weighted by atomic mass is 10.0. The lowest BCUT2D eigenvalue weighted by Gasteiger charge is -2.14. The zero-order valence-corrected chi connectivity index (χ0v) is 17.7. The Hall–Kier alpha value is -3.45. The maximum absolute atomic E-state index is 12.1. The van der Waals surface area contributed by atoms with Gasteiger partial charge in [0.1, 0.15) is 6.04 Å². The summed E-state index contributed by atoms with van der Waals surface area (Å²) in [5.41, 5.74) is 9.73. The fraction of sp³-hybridized carbons (Fsp3) is 0.208. The topological polar surface area (TPSA) is 109 Å². The van der Waals surface area contributed by atoms with Crippen LogP contribution < -0.4 is 11.1 Å². The van der Waals surface area contributed by atoms with E-state index >= 15 is 0 Å². The van der Waals surface area contributed by atoms with Crippen LogP contribution in [0.25, 0.3) is 21.6 Å². The van der Waals surface area contributed by atoms with E-state index in [0.29, 0.717) is 6.42 Å². The third-order valence-electron chi connectivity index (χ3n) is 4.91. The molecule has 0 saturated heterocycles. The summed E-state index contributed by atoms with van der Waals surface area (Å²) in [6.45, 7) is 0. The van der Waals surface area contributed by atoms with Crippen LogP contribution in [0, 0.1) is 0 Å². The Morgan fingerprint density at radius 1 is 0.935 bits per heavy atom. The molecule has 0 aliphatic rings. The van der Waals surface area contributed by atoms with Crippen molar-refractivity contribution in [2.75, 3.05) is 0 Å². The molecule has 0 aliphatic carbocycles. The molecule has 160 valence electrons. The Bertz CT molecular complexity index is 1040. The first-order valence-corrected chi connectivity index (χ1v) is 10.8. The molecule has 31 heavy (non-hydrogen) atoms. The van der Waals surface area contributed by atoms with Gasteiger partial charge in [-0.3, -0.25) is 14.4 Å². The van der Waals surface area contributed by atoms with Gasteiger partial charge in [-0.15, -0.1) is 11.3 Å². The number of thiophene rings is 1. The monoisotopic (exact) mass is 436 g/mol. The molecule has 0 aliphatic heterocycles. The molecule has 0 radical (unpaired) electrons. The molecule has 3 aromatic rings. The first-order valence-electron chi connectivity index (χ1n) is 9.96. The Morgan fingerprint density at radius 2 is 1.65 bits per heavy atom.